The van der Waals surface area contributed by atoms with Gasteiger partial charge in [-0.2, -0.15) is 0 Å². The Morgan fingerprint density at radius 1 is 1.00 bits per heavy atom. The zero-order valence-electron chi connectivity index (χ0n) is 15.8. The molecule has 0 aliphatic rings. The number of anilines is 1. The fraction of sp³-hybridized carbons (Fsp3) is 0.0455. The predicted molar refractivity (Wildman–Crippen MR) is 116 cm³/mol. The van der Waals surface area contributed by atoms with Crippen LogP contribution in [0.2, 0.25) is 5.02 Å². The maximum atomic E-state index is 13.7. The lowest BCUT2D eigenvalue weighted by Crippen LogP contribution is -2.20. The molecule has 0 fully saturated rings. The van der Waals surface area contributed by atoms with Crippen LogP contribution in [0.15, 0.2) is 65.7 Å². The van der Waals surface area contributed by atoms with Crippen LogP contribution in [0.4, 0.5) is 10.2 Å². The van der Waals surface area contributed by atoms with Gasteiger partial charge in [0.15, 0.2) is 0 Å². The van der Waals surface area contributed by atoms with Crippen LogP contribution in [-0.2, 0) is 7.05 Å². The van der Waals surface area contributed by atoms with Crippen molar-refractivity contribution in [3.05, 3.63) is 82.2 Å². The average Bonchev–Trinajstić information content (AvgIpc) is 3.01. The van der Waals surface area contributed by atoms with Crippen LogP contribution < -0.4 is 11.4 Å². The highest BCUT2D eigenvalue weighted by atomic mass is 35.5. The number of hydrogen-bond donors (Lipinski definition) is 1. The number of aromatic nitrogens is 4. The Morgan fingerprint density at radius 2 is 1.80 bits per heavy atom. The van der Waals surface area contributed by atoms with Gasteiger partial charge in [-0.1, -0.05) is 17.7 Å². The number of aryl methyl sites for hydroxylation is 1. The van der Waals surface area contributed by atoms with Crippen molar-refractivity contribution in [1.29, 1.82) is 0 Å². The van der Waals surface area contributed by atoms with Crippen LogP contribution in [0.1, 0.15) is 0 Å². The SMILES string of the molecule is Cn1c(=O)n(-c2ccc(F)c(Cl)c2)c2c3cc(-c4ccc(N)nc4)ccc3ncc21. The molecular formula is C22H15ClFN5O. The van der Waals surface area contributed by atoms with Crippen molar-refractivity contribution in [2.45, 2.75) is 0 Å². The van der Waals surface area contributed by atoms with Crippen molar-refractivity contribution in [3.63, 3.8) is 0 Å². The number of nitrogens with two attached hydrogens (primary N) is 1. The lowest BCUT2D eigenvalue weighted by molar-refractivity contribution is 0.627. The molecule has 5 rings (SSSR count). The van der Waals surface area contributed by atoms with Gasteiger partial charge < -0.3 is 5.73 Å². The first-order chi connectivity index (χ1) is 14.4. The third-order valence-corrected chi connectivity index (χ3v) is 5.45. The van der Waals surface area contributed by atoms with Gasteiger partial charge in [0, 0.05) is 24.2 Å². The molecule has 0 spiro atoms. The maximum Gasteiger partial charge on any atom is 0.333 e. The summed E-state index contributed by atoms with van der Waals surface area (Å²) in [6.45, 7) is 0. The number of pyridine rings is 2. The van der Waals surface area contributed by atoms with Gasteiger partial charge in [-0.3, -0.25) is 14.1 Å². The molecule has 0 unspecified atom stereocenters. The normalized spacial score (nSPS) is 11.4. The van der Waals surface area contributed by atoms with Crippen molar-refractivity contribution < 1.29 is 4.39 Å². The Kier molecular flexibility index (Phi) is 4.08. The highest BCUT2D eigenvalue weighted by Crippen LogP contribution is 2.30. The van der Waals surface area contributed by atoms with Gasteiger partial charge in [0.25, 0.3) is 0 Å². The molecule has 30 heavy (non-hydrogen) atoms. The number of hydrogen-bond acceptors (Lipinski definition) is 4. The second-order valence-corrected chi connectivity index (χ2v) is 7.38. The van der Waals surface area contributed by atoms with E-state index in [-0.39, 0.29) is 10.7 Å². The Labute approximate surface area is 175 Å². The number of imidazole rings is 1. The second kappa shape index (κ2) is 6.67. The van der Waals surface area contributed by atoms with E-state index in [9.17, 15) is 9.18 Å². The molecular weight excluding hydrogens is 405 g/mol. The zero-order valence-corrected chi connectivity index (χ0v) is 16.6. The number of nitrogens with zero attached hydrogens (tertiary/aromatic N) is 4. The summed E-state index contributed by atoms with van der Waals surface area (Å²) in [6, 6.07) is 13.6. The molecule has 2 aromatic carbocycles. The van der Waals surface area contributed by atoms with Crippen molar-refractivity contribution in [2.75, 3.05) is 5.73 Å². The van der Waals surface area contributed by atoms with E-state index < -0.39 is 5.82 Å². The highest BCUT2D eigenvalue weighted by molar-refractivity contribution is 6.30. The summed E-state index contributed by atoms with van der Waals surface area (Å²) in [5.74, 6) is -0.105. The van der Waals surface area contributed by atoms with E-state index in [2.05, 4.69) is 9.97 Å². The molecule has 8 heteroatoms. The summed E-state index contributed by atoms with van der Waals surface area (Å²) in [5, 5.41) is 0.725. The molecule has 2 N–H and O–H groups in total. The summed E-state index contributed by atoms with van der Waals surface area (Å²) in [4.78, 5) is 21.7. The summed E-state index contributed by atoms with van der Waals surface area (Å²) in [7, 11) is 1.67. The molecule has 0 saturated heterocycles. The van der Waals surface area contributed by atoms with E-state index in [0.29, 0.717) is 22.5 Å². The van der Waals surface area contributed by atoms with E-state index in [4.69, 9.17) is 17.3 Å². The van der Waals surface area contributed by atoms with Gasteiger partial charge >= 0.3 is 5.69 Å². The fourth-order valence-electron chi connectivity index (χ4n) is 3.62. The van der Waals surface area contributed by atoms with Crippen molar-refractivity contribution in [3.8, 4) is 16.8 Å². The monoisotopic (exact) mass is 419 g/mol. The van der Waals surface area contributed by atoms with Crippen LogP contribution in [-0.4, -0.2) is 19.1 Å². The van der Waals surface area contributed by atoms with E-state index in [0.717, 1.165) is 22.0 Å². The van der Waals surface area contributed by atoms with Gasteiger partial charge in [-0.05, 0) is 48.0 Å². The molecule has 0 atom stereocenters. The summed E-state index contributed by atoms with van der Waals surface area (Å²) < 4.78 is 16.7. The molecule has 6 nitrogen and oxygen atoms in total. The van der Waals surface area contributed by atoms with E-state index >= 15 is 0 Å². The van der Waals surface area contributed by atoms with Gasteiger partial charge in [-0.25, -0.2) is 14.2 Å². The molecule has 3 aromatic heterocycles. The topological polar surface area (TPSA) is 78.7 Å². The maximum absolute atomic E-state index is 13.7. The standard InChI is InChI=1S/C22H15ClFN5O/c1-28-19-11-26-18-6-2-12(13-3-7-20(25)27-10-13)8-15(18)21(19)29(22(28)30)14-4-5-17(24)16(23)9-14/h2-11H,1H3,(H2,25,27). The second-order valence-electron chi connectivity index (χ2n) is 6.97. The molecule has 0 bridgehead atoms. The molecule has 3 heterocycles. The Balaban J connectivity index is 1.87. The Hall–Kier alpha value is -3.71. The fourth-order valence-corrected chi connectivity index (χ4v) is 3.79. The highest BCUT2D eigenvalue weighted by Gasteiger charge is 2.17. The molecule has 0 amide bonds. The Morgan fingerprint density at radius 3 is 2.53 bits per heavy atom. The zero-order chi connectivity index (χ0) is 21.0. The van der Waals surface area contributed by atoms with Crippen molar-refractivity contribution in [1.82, 2.24) is 19.1 Å². The summed E-state index contributed by atoms with van der Waals surface area (Å²) in [5.41, 5.74) is 9.73. The largest absolute Gasteiger partial charge is 0.384 e. The van der Waals surface area contributed by atoms with Crippen LogP contribution >= 0.6 is 11.6 Å². The number of halogens is 2. The van der Waals surface area contributed by atoms with Crippen LogP contribution in [0.25, 0.3) is 38.8 Å². The van der Waals surface area contributed by atoms with E-state index in [1.165, 1.54) is 27.3 Å². The molecule has 0 aliphatic heterocycles. The lowest BCUT2D eigenvalue weighted by atomic mass is 10.0. The number of rotatable bonds is 2. The van der Waals surface area contributed by atoms with Gasteiger partial charge in [0.05, 0.1) is 33.5 Å². The van der Waals surface area contributed by atoms with E-state index in [1.807, 2.05) is 24.3 Å². The van der Waals surface area contributed by atoms with Crippen molar-refractivity contribution in [2.24, 2.45) is 7.05 Å². The lowest BCUT2D eigenvalue weighted by Gasteiger charge is -2.09. The minimum atomic E-state index is -0.543. The summed E-state index contributed by atoms with van der Waals surface area (Å²) in [6.07, 6.45) is 3.35. The Bertz CT molecular complexity index is 1500. The minimum Gasteiger partial charge on any atom is -0.384 e. The predicted octanol–water partition coefficient (Wildman–Crippen LogP) is 4.31. The first kappa shape index (κ1) is 18.3. The number of fused-ring (bicyclic) bond motifs is 3. The molecule has 0 aliphatic carbocycles. The first-order valence-corrected chi connectivity index (χ1v) is 9.49. The number of nitrogen functional groups attached to an aromatic ring is 1. The molecule has 5 aromatic rings. The molecule has 0 saturated carbocycles. The van der Waals surface area contributed by atoms with Gasteiger partial charge in [0.1, 0.15) is 11.6 Å². The third-order valence-electron chi connectivity index (χ3n) is 5.16. The smallest absolute Gasteiger partial charge is 0.333 e. The van der Waals surface area contributed by atoms with Crippen molar-refractivity contribution >= 4 is 39.4 Å². The number of benzene rings is 2. The van der Waals surface area contributed by atoms with Crippen LogP contribution in [0, 0.1) is 5.82 Å². The molecule has 148 valence electrons. The first-order valence-electron chi connectivity index (χ1n) is 9.11. The average molecular weight is 420 g/mol. The van der Waals surface area contributed by atoms with Gasteiger partial charge in [0.2, 0.25) is 0 Å². The van der Waals surface area contributed by atoms with E-state index in [1.54, 1.807) is 25.5 Å². The third kappa shape index (κ3) is 2.74. The molecule has 0 radical (unpaired) electrons. The minimum absolute atomic E-state index is 0.0524. The quantitative estimate of drug-likeness (QED) is 0.462. The van der Waals surface area contributed by atoms with Crippen LogP contribution in [0.3, 0.4) is 0 Å². The summed E-state index contributed by atoms with van der Waals surface area (Å²) >= 11 is 5.98. The van der Waals surface area contributed by atoms with Gasteiger partial charge in [-0.15, -0.1) is 0 Å². The van der Waals surface area contributed by atoms with Crippen LogP contribution in [0.5, 0.6) is 0 Å².